The fourth-order valence-corrected chi connectivity index (χ4v) is 3.63. The number of carboxylic acid groups (broad SMARTS) is 1. The van der Waals surface area contributed by atoms with Crippen LogP contribution < -0.4 is 5.32 Å². The Kier molecular flexibility index (Phi) is 3.49. The molecule has 1 fully saturated rings. The van der Waals surface area contributed by atoms with Crippen LogP contribution in [-0.2, 0) is 9.59 Å². The topological polar surface area (TPSA) is 66.4 Å². The highest BCUT2D eigenvalue weighted by Crippen LogP contribution is 2.48. The lowest BCUT2D eigenvalue weighted by Crippen LogP contribution is -2.36. The monoisotopic (exact) mass is 305 g/mol. The molecule has 0 saturated heterocycles. The highest BCUT2D eigenvalue weighted by molar-refractivity contribution is 6.31. The van der Waals surface area contributed by atoms with Crippen molar-refractivity contribution in [2.45, 2.75) is 13.3 Å². The van der Waals surface area contributed by atoms with Gasteiger partial charge < -0.3 is 10.4 Å². The summed E-state index contributed by atoms with van der Waals surface area (Å²) in [5, 5.41) is 12.8. The lowest BCUT2D eigenvalue weighted by Gasteiger charge is -2.24. The smallest absolute Gasteiger partial charge is 0.307 e. The van der Waals surface area contributed by atoms with Crippen LogP contribution in [0.3, 0.4) is 0 Å². The van der Waals surface area contributed by atoms with E-state index in [9.17, 15) is 14.7 Å². The zero-order valence-corrected chi connectivity index (χ0v) is 12.3. The second-order valence-corrected chi connectivity index (χ2v) is 6.22. The summed E-state index contributed by atoms with van der Waals surface area (Å²) in [4.78, 5) is 24.0. The number of amides is 1. The highest BCUT2D eigenvalue weighted by Gasteiger charge is 2.51. The maximum absolute atomic E-state index is 12.5. The quantitative estimate of drug-likeness (QED) is 0.843. The molecule has 0 aromatic heterocycles. The Morgan fingerprint density at radius 1 is 1.24 bits per heavy atom. The highest BCUT2D eigenvalue weighted by atomic mass is 35.5. The summed E-state index contributed by atoms with van der Waals surface area (Å²) in [7, 11) is 0. The zero-order chi connectivity index (χ0) is 15.1. The van der Waals surface area contributed by atoms with Crippen LogP contribution in [0.25, 0.3) is 0 Å². The second-order valence-electron chi connectivity index (χ2n) is 5.79. The van der Waals surface area contributed by atoms with Gasteiger partial charge in [0.1, 0.15) is 0 Å². The van der Waals surface area contributed by atoms with E-state index in [0.29, 0.717) is 10.7 Å². The third-order valence-corrected chi connectivity index (χ3v) is 4.74. The molecule has 21 heavy (non-hydrogen) atoms. The Bertz CT molecular complexity index is 640. The molecular formula is C16H16ClNO3. The van der Waals surface area contributed by atoms with Gasteiger partial charge in [0.25, 0.3) is 0 Å². The summed E-state index contributed by atoms with van der Waals surface area (Å²) in [6.07, 6.45) is 4.65. The molecule has 0 radical (unpaired) electrons. The summed E-state index contributed by atoms with van der Waals surface area (Å²) < 4.78 is 0. The Morgan fingerprint density at radius 3 is 2.57 bits per heavy atom. The molecule has 1 saturated carbocycles. The van der Waals surface area contributed by atoms with Crippen LogP contribution in [0.1, 0.15) is 12.0 Å². The van der Waals surface area contributed by atoms with Crippen molar-refractivity contribution in [1.82, 2.24) is 0 Å². The molecule has 110 valence electrons. The number of aliphatic carboxylic acids is 1. The summed E-state index contributed by atoms with van der Waals surface area (Å²) in [5.41, 5.74) is 1.54. The van der Waals surface area contributed by atoms with Crippen molar-refractivity contribution in [2.75, 3.05) is 5.32 Å². The molecule has 1 amide bonds. The summed E-state index contributed by atoms with van der Waals surface area (Å²) in [6, 6.07) is 5.27. The zero-order valence-electron chi connectivity index (χ0n) is 11.5. The van der Waals surface area contributed by atoms with Crippen LogP contribution in [0.15, 0.2) is 30.4 Å². The minimum absolute atomic E-state index is 0.0237. The summed E-state index contributed by atoms with van der Waals surface area (Å²) in [6.45, 7) is 1.88. The maximum Gasteiger partial charge on any atom is 0.307 e. The van der Waals surface area contributed by atoms with Crippen molar-refractivity contribution in [3.8, 4) is 0 Å². The predicted molar refractivity (Wildman–Crippen MR) is 80.2 cm³/mol. The maximum atomic E-state index is 12.5. The number of carbonyl (C=O) groups is 2. The molecule has 4 nitrogen and oxygen atoms in total. The number of halogens is 1. The van der Waals surface area contributed by atoms with Crippen LogP contribution in [0.5, 0.6) is 0 Å². The fourth-order valence-electron chi connectivity index (χ4n) is 3.46. The average Bonchev–Trinajstić information content (AvgIpc) is 3.03. The van der Waals surface area contributed by atoms with Crippen LogP contribution in [-0.4, -0.2) is 17.0 Å². The largest absolute Gasteiger partial charge is 0.481 e. The first-order valence-corrected chi connectivity index (χ1v) is 7.33. The summed E-state index contributed by atoms with van der Waals surface area (Å²) in [5.74, 6) is -2.26. The van der Waals surface area contributed by atoms with Gasteiger partial charge in [0.15, 0.2) is 0 Å². The molecule has 1 aromatic carbocycles. The third-order valence-electron chi connectivity index (χ3n) is 4.50. The van der Waals surface area contributed by atoms with Gasteiger partial charge >= 0.3 is 5.97 Å². The lowest BCUT2D eigenvalue weighted by molar-refractivity contribution is -0.146. The molecule has 1 aromatic rings. The molecule has 5 heteroatoms. The van der Waals surface area contributed by atoms with Crippen LogP contribution >= 0.6 is 11.6 Å². The molecule has 0 unspecified atom stereocenters. The van der Waals surface area contributed by atoms with Crippen LogP contribution in [0.2, 0.25) is 5.02 Å². The van der Waals surface area contributed by atoms with Crippen molar-refractivity contribution < 1.29 is 14.7 Å². The lowest BCUT2D eigenvalue weighted by atomic mass is 9.82. The van der Waals surface area contributed by atoms with Gasteiger partial charge in [0.05, 0.1) is 11.8 Å². The number of rotatable bonds is 3. The molecule has 4 atom stereocenters. The van der Waals surface area contributed by atoms with E-state index in [2.05, 4.69) is 5.32 Å². The van der Waals surface area contributed by atoms with Gasteiger partial charge in [-0.15, -0.1) is 0 Å². The molecule has 2 bridgehead atoms. The molecular weight excluding hydrogens is 290 g/mol. The van der Waals surface area contributed by atoms with Crippen molar-refractivity contribution in [2.24, 2.45) is 23.7 Å². The first-order chi connectivity index (χ1) is 9.97. The number of allylic oxidation sites excluding steroid dienone is 2. The Hall–Kier alpha value is -1.81. The van der Waals surface area contributed by atoms with Gasteiger partial charge in [-0.2, -0.15) is 0 Å². The molecule has 2 aliphatic carbocycles. The predicted octanol–water partition coefficient (Wildman–Crippen LogP) is 3.11. The second kappa shape index (κ2) is 5.19. The van der Waals surface area contributed by atoms with Crippen LogP contribution in [0, 0.1) is 30.6 Å². The van der Waals surface area contributed by atoms with Crippen molar-refractivity contribution in [1.29, 1.82) is 0 Å². The number of hydrogen-bond donors (Lipinski definition) is 2. The molecule has 0 spiro atoms. The van der Waals surface area contributed by atoms with Crippen molar-refractivity contribution >= 4 is 29.2 Å². The van der Waals surface area contributed by atoms with E-state index in [4.69, 9.17) is 11.6 Å². The van der Waals surface area contributed by atoms with Gasteiger partial charge in [0.2, 0.25) is 5.91 Å². The van der Waals surface area contributed by atoms with E-state index in [1.165, 1.54) is 0 Å². The van der Waals surface area contributed by atoms with E-state index >= 15 is 0 Å². The molecule has 0 aliphatic heterocycles. The van der Waals surface area contributed by atoms with Gasteiger partial charge in [-0.3, -0.25) is 9.59 Å². The van der Waals surface area contributed by atoms with Gasteiger partial charge in [0, 0.05) is 10.7 Å². The first kappa shape index (κ1) is 14.1. The number of carbonyl (C=O) groups excluding carboxylic acids is 1. The number of aryl methyl sites for hydroxylation is 1. The summed E-state index contributed by atoms with van der Waals surface area (Å²) >= 11 is 5.95. The number of anilines is 1. The van der Waals surface area contributed by atoms with E-state index < -0.39 is 17.8 Å². The Labute approximate surface area is 127 Å². The molecule has 3 rings (SSSR count). The van der Waals surface area contributed by atoms with Crippen molar-refractivity contribution in [3.05, 3.63) is 40.9 Å². The molecule has 2 N–H and O–H groups in total. The van der Waals surface area contributed by atoms with E-state index in [1.807, 2.05) is 25.1 Å². The van der Waals surface area contributed by atoms with Gasteiger partial charge in [-0.1, -0.05) is 29.8 Å². The van der Waals surface area contributed by atoms with Gasteiger partial charge in [-0.05, 0) is 42.9 Å². The van der Waals surface area contributed by atoms with Gasteiger partial charge in [-0.25, -0.2) is 0 Å². The first-order valence-electron chi connectivity index (χ1n) is 6.95. The normalized spacial score (nSPS) is 29.6. The third kappa shape index (κ3) is 2.44. The van der Waals surface area contributed by atoms with Crippen molar-refractivity contribution in [3.63, 3.8) is 0 Å². The standard InChI is InChI=1S/C16H16ClNO3/c1-8-2-5-11(17)7-12(8)18-15(19)13-9-3-4-10(6-9)14(13)16(20)21/h2-5,7,9-10,13-14H,6H2,1H3,(H,18,19)(H,20,21)/t9-,10-,13+,14-/m0/s1. The Morgan fingerprint density at radius 2 is 1.90 bits per heavy atom. The average molecular weight is 306 g/mol. The number of benzene rings is 1. The number of hydrogen-bond acceptors (Lipinski definition) is 2. The number of nitrogens with one attached hydrogen (secondary N) is 1. The fraction of sp³-hybridized carbons (Fsp3) is 0.375. The number of fused-ring (bicyclic) bond motifs is 2. The molecule has 2 aliphatic rings. The van der Waals surface area contributed by atoms with E-state index in [0.717, 1.165) is 12.0 Å². The van der Waals surface area contributed by atoms with Crippen LogP contribution in [0.4, 0.5) is 5.69 Å². The minimum atomic E-state index is -0.894. The van der Waals surface area contributed by atoms with E-state index in [-0.39, 0.29) is 17.7 Å². The number of carboxylic acids is 1. The molecule has 0 heterocycles. The van der Waals surface area contributed by atoms with E-state index in [1.54, 1.807) is 12.1 Å². The SMILES string of the molecule is Cc1ccc(Cl)cc1NC(=O)[C@H]1[C@@H](C(=O)O)[C@H]2C=C[C@H]1C2. The minimum Gasteiger partial charge on any atom is -0.481 e. The Balaban J connectivity index is 1.83.